The molecule has 1 atom stereocenters. The summed E-state index contributed by atoms with van der Waals surface area (Å²) in [5, 5.41) is 18.0. The van der Waals surface area contributed by atoms with Crippen LogP contribution in [0.1, 0.15) is 41.7 Å². The zero-order valence-electron chi connectivity index (χ0n) is 16.6. The van der Waals surface area contributed by atoms with Gasteiger partial charge in [-0.1, -0.05) is 0 Å². The highest BCUT2D eigenvalue weighted by atomic mass is 16.3. The quantitative estimate of drug-likeness (QED) is 0.834. The van der Waals surface area contributed by atoms with Crippen molar-refractivity contribution in [3.8, 4) is 0 Å². The number of piperidine rings is 1. The molecule has 0 aromatic carbocycles. The summed E-state index contributed by atoms with van der Waals surface area (Å²) in [5.74, 6) is 0.825. The van der Waals surface area contributed by atoms with Crippen LogP contribution in [0.15, 0.2) is 12.4 Å². The Morgan fingerprint density at radius 1 is 1.33 bits per heavy atom. The van der Waals surface area contributed by atoms with Gasteiger partial charge in [0.05, 0.1) is 12.2 Å². The fraction of sp³-hybridized carbons (Fsp3) is 0.632. The number of imidazole rings is 1. The number of aromatic nitrogens is 4. The van der Waals surface area contributed by atoms with Crippen LogP contribution in [0.3, 0.4) is 0 Å². The molecule has 8 heteroatoms. The topological polar surface area (TPSA) is 88.2 Å². The molecule has 0 unspecified atom stereocenters. The molecule has 0 spiro atoms. The van der Waals surface area contributed by atoms with Crippen molar-refractivity contribution in [1.82, 2.24) is 29.5 Å². The van der Waals surface area contributed by atoms with Crippen molar-refractivity contribution < 1.29 is 9.90 Å². The van der Waals surface area contributed by atoms with E-state index in [-0.39, 0.29) is 11.9 Å². The number of hydrogen-bond donors (Lipinski definition) is 2. The smallest absolute Gasteiger partial charge is 0.317 e. The lowest BCUT2D eigenvalue weighted by Crippen LogP contribution is -2.46. The first-order valence-electron chi connectivity index (χ1n) is 9.57. The van der Waals surface area contributed by atoms with Crippen LogP contribution in [-0.2, 0) is 13.6 Å². The number of urea groups is 1. The van der Waals surface area contributed by atoms with E-state index >= 15 is 0 Å². The largest absolute Gasteiger partial charge is 0.385 e. The van der Waals surface area contributed by atoms with E-state index < -0.39 is 6.10 Å². The zero-order valence-corrected chi connectivity index (χ0v) is 16.6. The molecular formula is C19H30N6O2. The molecule has 3 rings (SSSR count). The molecule has 1 saturated heterocycles. The van der Waals surface area contributed by atoms with E-state index in [1.54, 1.807) is 6.20 Å². The SMILES string of the molecule is Cc1nn(CCNC(=O)N2CCC([C@H](O)c3nccn3C)CC2)c(C)c1C. The molecule has 0 bridgehead atoms. The molecule has 3 heterocycles. The molecule has 27 heavy (non-hydrogen) atoms. The van der Waals surface area contributed by atoms with Crippen molar-refractivity contribution in [3.63, 3.8) is 0 Å². The maximum absolute atomic E-state index is 12.4. The molecule has 2 amide bonds. The van der Waals surface area contributed by atoms with Crippen molar-refractivity contribution in [3.05, 3.63) is 35.2 Å². The standard InChI is InChI=1S/C19H30N6O2/c1-13-14(2)22-25(15(13)3)12-8-21-19(27)24-9-5-16(6-10-24)17(26)18-20-7-11-23(18)4/h7,11,16-17,26H,5-6,8-10,12H2,1-4H3,(H,21,27)/t17-/m0/s1. The van der Waals surface area contributed by atoms with Gasteiger partial charge in [-0.05, 0) is 45.1 Å². The number of amides is 2. The van der Waals surface area contributed by atoms with E-state index in [0.29, 0.717) is 32.0 Å². The average molecular weight is 374 g/mol. The van der Waals surface area contributed by atoms with Gasteiger partial charge in [-0.2, -0.15) is 5.10 Å². The number of aliphatic hydroxyl groups excluding tert-OH is 1. The van der Waals surface area contributed by atoms with Crippen LogP contribution in [0.25, 0.3) is 0 Å². The molecule has 0 saturated carbocycles. The summed E-state index contributed by atoms with van der Waals surface area (Å²) in [4.78, 5) is 18.5. The first-order valence-corrected chi connectivity index (χ1v) is 9.57. The van der Waals surface area contributed by atoms with Gasteiger partial charge in [0.25, 0.3) is 0 Å². The average Bonchev–Trinajstić information content (AvgIpc) is 3.20. The molecule has 0 radical (unpaired) electrons. The Kier molecular flexibility index (Phi) is 5.84. The predicted molar refractivity (Wildman–Crippen MR) is 102 cm³/mol. The van der Waals surface area contributed by atoms with Crippen molar-refractivity contribution in [2.75, 3.05) is 19.6 Å². The fourth-order valence-corrected chi connectivity index (χ4v) is 3.68. The second-order valence-corrected chi connectivity index (χ2v) is 7.42. The Morgan fingerprint density at radius 3 is 2.59 bits per heavy atom. The third kappa shape index (κ3) is 4.16. The molecule has 2 N–H and O–H groups in total. The summed E-state index contributed by atoms with van der Waals surface area (Å²) >= 11 is 0. The number of rotatable bonds is 5. The van der Waals surface area contributed by atoms with Crippen molar-refractivity contribution >= 4 is 6.03 Å². The molecule has 8 nitrogen and oxygen atoms in total. The number of aliphatic hydroxyl groups is 1. The van der Waals surface area contributed by atoms with Crippen molar-refractivity contribution in [1.29, 1.82) is 0 Å². The predicted octanol–water partition coefficient (Wildman–Crippen LogP) is 1.70. The molecular weight excluding hydrogens is 344 g/mol. The van der Waals surface area contributed by atoms with Crippen LogP contribution in [0.4, 0.5) is 4.79 Å². The lowest BCUT2D eigenvalue weighted by Gasteiger charge is -2.34. The van der Waals surface area contributed by atoms with Crippen molar-refractivity contribution in [2.45, 2.75) is 46.3 Å². The summed E-state index contributed by atoms with van der Waals surface area (Å²) in [6.07, 6.45) is 4.51. The maximum atomic E-state index is 12.4. The van der Waals surface area contributed by atoms with E-state index in [1.807, 2.05) is 34.3 Å². The van der Waals surface area contributed by atoms with Crippen LogP contribution in [-0.4, -0.2) is 55.0 Å². The first-order chi connectivity index (χ1) is 12.9. The summed E-state index contributed by atoms with van der Waals surface area (Å²) in [6, 6.07) is -0.0433. The van der Waals surface area contributed by atoms with Gasteiger partial charge < -0.3 is 19.9 Å². The molecule has 2 aromatic heterocycles. The van der Waals surface area contributed by atoms with Crippen LogP contribution < -0.4 is 5.32 Å². The number of nitrogens with one attached hydrogen (secondary N) is 1. The van der Waals surface area contributed by atoms with E-state index in [9.17, 15) is 9.90 Å². The second kappa shape index (κ2) is 8.12. The Labute approximate surface area is 160 Å². The van der Waals surface area contributed by atoms with Crippen molar-refractivity contribution in [2.24, 2.45) is 13.0 Å². The van der Waals surface area contributed by atoms with E-state index in [1.165, 1.54) is 5.56 Å². The summed E-state index contributed by atoms with van der Waals surface area (Å²) in [6.45, 7) is 8.64. The minimum atomic E-state index is -0.579. The Balaban J connectivity index is 1.44. The van der Waals surface area contributed by atoms with E-state index in [0.717, 1.165) is 24.2 Å². The van der Waals surface area contributed by atoms with Gasteiger partial charge in [-0.3, -0.25) is 4.68 Å². The molecule has 1 aliphatic rings. The van der Waals surface area contributed by atoms with Gasteiger partial charge >= 0.3 is 6.03 Å². The monoisotopic (exact) mass is 374 g/mol. The number of nitrogens with zero attached hydrogens (tertiary/aromatic N) is 5. The fourth-order valence-electron chi connectivity index (χ4n) is 3.68. The maximum Gasteiger partial charge on any atom is 0.317 e. The van der Waals surface area contributed by atoms with Crippen LogP contribution in [0.5, 0.6) is 0 Å². The van der Waals surface area contributed by atoms with E-state index in [2.05, 4.69) is 29.2 Å². The minimum absolute atomic E-state index is 0.0433. The Bertz CT molecular complexity index is 788. The zero-order chi connectivity index (χ0) is 19.6. The van der Waals surface area contributed by atoms with E-state index in [4.69, 9.17) is 0 Å². The van der Waals surface area contributed by atoms with Gasteiger partial charge in [-0.25, -0.2) is 9.78 Å². The molecule has 0 aliphatic carbocycles. The minimum Gasteiger partial charge on any atom is -0.385 e. The molecule has 2 aromatic rings. The summed E-state index contributed by atoms with van der Waals surface area (Å²) in [5.41, 5.74) is 3.38. The Hall–Kier alpha value is -2.35. The number of carbonyl (C=O) groups is 1. The highest BCUT2D eigenvalue weighted by Gasteiger charge is 2.30. The molecule has 1 aliphatic heterocycles. The van der Waals surface area contributed by atoms with Gasteiger partial charge in [0.2, 0.25) is 0 Å². The lowest BCUT2D eigenvalue weighted by molar-refractivity contribution is 0.0584. The number of likely N-dealkylation sites (tertiary alicyclic amines) is 1. The summed E-state index contributed by atoms with van der Waals surface area (Å²) < 4.78 is 3.80. The highest BCUT2D eigenvalue weighted by molar-refractivity contribution is 5.74. The number of hydrogen-bond acceptors (Lipinski definition) is 4. The molecule has 148 valence electrons. The van der Waals surface area contributed by atoms with Crippen LogP contribution >= 0.6 is 0 Å². The normalized spacial score (nSPS) is 16.6. The summed E-state index contributed by atoms with van der Waals surface area (Å²) in [7, 11) is 1.89. The second-order valence-electron chi connectivity index (χ2n) is 7.42. The van der Waals surface area contributed by atoms with Gasteiger partial charge in [0, 0.05) is 44.8 Å². The third-order valence-electron chi connectivity index (χ3n) is 5.74. The first kappa shape index (κ1) is 19.4. The van der Waals surface area contributed by atoms with Gasteiger partial charge in [0.15, 0.2) is 0 Å². The lowest BCUT2D eigenvalue weighted by atomic mass is 9.91. The van der Waals surface area contributed by atoms with Gasteiger partial charge in [-0.15, -0.1) is 0 Å². The molecule has 1 fully saturated rings. The third-order valence-corrected chi connectivity index (χ3v) is 5.74. The van der Waals surface area contributed by atoms with Crippen LogP contribution in [0, 0.1) is 26.7 Å². The number of carbonyl (C=O) groups excluding carboxylic acids is 1. The Morgan fingerprint density at radius 2 is 2.04 bits per heavy atom. The highest BCUT2D eigenvalue weighted by Crippen LogP contribution is 2.29. The van der Waals surface area contributed by atoms with Gasteiger partial charge in [0.1, 0.15) is 11.9 Å². The van der Waals surface area contributed by atoms with Crippen LogP contribution in [0.2, 0.25) is 0 Å². The number of aryl methyl sites for hydroxylation is 2.